The highest BCUT2D eigenvalue weighted by Gasteiger charge is 2.29. The van der Waals surface area contributed by atoms with Crippen molar-refractivity contribution in [2.45, 2.75) is 25.0 Å². The van der Waals surface area contributed by atoms with Gasteiger partial charge in [-0.2, -0.15) is 0 Å². The molecule has 1 aromatic rings. The summed E-state index contributed by atoms with van der Waals surface area (Å²) in [6.07, 6.45) is 0.827. The Balaban J connectivity index is 1.89. The van der Waals surface area contributed by atoms with Crippen LogP contribution in [0.15, 0.2) is 18.2 Å². The minimum absolute atomic E-state index is 0.0837. The van der Waals surface area contributed by atoms with Gasteiger partial charge in [-0.1, -0.05) is 23.2 Å². The van der Waals surface area contributed by atoms with E-state index in [1.807, 2.05) is 0 Å². The molecule has 0 radical (unpaired) electrons. The lowest BCUT2D eigenvalue weighted by Crippen LogP contribution is -2.43. The first-order valence-electron chi connectivity index (χ1n) is 5.22. The third-order valence-electron chi connectivity index (χ3n) is 2.51. The summed E-state index contributed by atoms with van der Waals surface area (Å²) in [4.78, 5) is 11.5. The highest BCUT2D eigenvalue weighted by atomic mass is 35.5. The monoisotopic (exact) mass is 274 g/mol. The van der Waals surface area contributed by atoms with E-state index < -0.39 is 6.09 Å². The fourth-order valence-electron chi connectivity index (χ4n) is 1.63. The second kappa shape index (κ2) is 5.12. The molecule has 1 saturated carbocycles. The Bertz CT molecular complexity index is 413. The number of halogens is 2. The van der Waals surface area contributed by atoms with Crippen LogP contribution in [0.3, 0.4) is 0 Å². The van der Waals surface area contributed by atoms with Crippen LogP contribution in [0.5, 0.6) is 0 Å². The molecule has 1 fully saturated rings. The lowest BCUT2D eigenvalue weighted by atomic mass is 9.90. The van der Waals surface area contributed by atoms with Crippen molar-refractivity contribution in [2.24, 2.45) is 5.73 Å². The van der Waals surface area contributed by atoms with Crippen LogP contribution in [-0.4, -0.2) is 18.2 Å². The average molecular weight is 275 g/mol. The molecule has 0 spiro atoms. The molecule has 17 heavy (non-hydrogen) atoms. The Labute approximate surface area is 109 Å². The molecule has 0 saturated heterocycles. The lowest BCUT2D eigenvalue weighted by molar-refractivity contribution is 0.0503. The molecular weight excluding hydrogens is 263 g/mol. The maximum absolute atomic E-state index is 11.5. The SMILES string of the molecule is NC1CC(OC(=O)Nc2cc(Cl)cc(Cl)c2)C1. The molecule has 92 valence electrons. The summed E-state index contributed by atoms with van der Waals surface area (Å²) in [5.74, 6) is 0. The van der Waals surface area contributed by atoms with Gasteiger partial charge in [0.2, 0.25) is 0 Å². The Kier molecular flexibility index (Phi) is 3.76. The summed E-state index contributed by atoms with van der Waals surface area (Å²) >= 11 is 11.6. The predicted molar refractivity (Wildman–Crippen MR) is 67.6 cm³/mol. The van der Waals surface area contributed by atoms with E-state index in [1.165, 1.54) is 0 Å². The van der Waals surface area contributed by atoms with Crippen molar-refractivity contribution in [3.05, 3.63) is 28.2 Å². The molecule has 0 heterocycles. The zero-order valence-electron chi connectivity index (χ0n) is 8.95. The second-order valence-electron chi connectivity index (χ2n) is 4.04. The highest BCUT2D eigenvalue weighted by molar-refractivity contribution is 6.35. The Morgan fingerprint density at radius 2 is 1.88 bits per heavy atom. The Morgan fingerprint density at radius 1 is 1.29 bits per heavy atom. The van der Waals surface area contributed by atoms with Gasteiger partial charge in [0.25, 0.3) is 0 Å². The molecule has 1 aliphatic rings. The quantitative estimate of drug-likeness (QED) is 0.871. The molecule has 0 unspecified atom stereocenters. The van der Waals surface area contributed by atoms with E-state index in [1.54, 1.807) is 18.2 Å². The number of carbonyl (C=O) groups excluding carboxylic acids is 1. The minimum atomic E-state index is -0.514. The first-order valence-corrected chi connectivity index (χ1v) is 5.98. The van der Waals surface area contributed by atoms with E-state index in [9.17, 15) is 4.79 Å². The summed E-state index contributed by atoms with van der Waals surface area (Å²) in [7, 11) is 0. The van der Waals surface area contributed by atoms with E-state index in [4.69, 9.17) is 33.7 Å². The van der Waals surface area contributed by atoms with Crippen molar-refractivity contribution < 1.29 is 9.53 Å². The number of hydrogen-bond acceptors (Lipinski definition) is 3. The van der Waals surface area contributed by atoms with Crippen LogP contribution >= 0.6 is 23.2 Å². The third kappa shape index (κ3) is 3.49. The van der Waals surface area contributed by atoms with Crippen molar-refractivity contribution in [1.29, 1.82) is 0 Å². The molecule has 1 aliphatic carbocycles. The van der Waals surface area contributed by atoms with Crippen molar-refractivity contribution in [1.82, 2.24) is 0 Å². The van der Waals surface area contributed by atoms with Crippen LogP contribution in [0, 0.1) is 0 Å². The van der Waals surface area contributed by atoms with Gasteiger partial charge in [0.05, 0.1) is 0 Å². The van der Waals surface area contributed by atoms with Crippen molar-refractivity contribution in [2.75, 3.05) is 5.32 Å². The first-order chi connectivity index (χ1) is 8.02. The number of ether oxygens (including phenoxy) is 1. The number of amides is 1. The number of rotatable bonds is 2. The largest absolute Gasteiger partial charge is 0.446 e. The summed E-state index contributed by atoms with van der Waals surface area (Å²) in [6.45, 7) is 0. The van der Waals surface area contributed by atoms with Crippen molar-refractivity contribution >= 4 is 35.0 Å². The topological polar surface area (TPSA) is 64.3 Å². The minimum Gasteiger partial charge on any atom is -0.446 e. The summed E-state index contributed by atoms with van der Waals surface area (Å²) in [5, 5.41) is 3.48. The van der Waals surface area contributed by atoms with Crippen LogP contribution in [-0.2, 0) is 4.74 Å². The molecule has 4 nitrogen and oxygen atoms in total. The van der Waals surface area contributed by atoms with E-state index in [0.29, 0.717) is 28.6 Å². The van der Waals surface area contributed by atoms with Crippen molar-refractivity contribution in [3.8, 4) is 0 Å². The number of nitrogens with two attached hydrogens (primary N) is 1. The van der Waals surface area contributed by atoms with Crippen LogP contribution in [0.4, 0.5) is 10.5 Å². The number of benzene rings is 1. The molecule has 0 aliphatic heterocycles. The fraction of sp³-hybridized carbons (Fsp3) is 0.364. The van der Waals surface area contributed by atoms with Crippen LogP contribution in [0.2, 0.25) is 10.0 Å². The van der Waals surface area contributed by atoms with Gasteiger partial charge >= 0.3 is 6.09 Å². The average Bonchev–Trinajstić information content (AvgIpc) is 2.13. The lowest BCUT2D eigenvalue weighted by Gasteiger charge is -2.31. The molecule has 1 aromatic carbocycles. The van der Waals surface area contributed by atoms with E-state index in [0.717, 1.165) is 0 Å². The number of anilines is 1. The molecular formula is C11H12Cl2N2O2. The first kappa shape index (κ1) is 12.5. The van der Waals surface area contributed by atoms with Gasteiger partial charge < -0.3 is 10.5 Å². The maximum Gasteiger partial charge on any atom is 0.411 e. The normalized spacial score (nSPS) is 22.8. The standard InChI is InChI=1S/C11H12Cl2N2O2/c12-6-1-7(13)3-9(2-6)15-11(16)17-10-4-8(14)5-10/h1-3,8,10H,4-5,14H2,(H,15,16). The zero-order chi connectivity index (χ0) is 12.4. The van der Waals surface area contributed by atoms with Crippen LogP contribution < -0.4 is 11.1 Å². The molecule has 0 aromatic heterocycles. The van der Waals surface area contributed by atoms with Crippen LogP contribution in [0.25, 0.3) is 0 Å². The predicted octanol–water partition coefficient (Wildman–Crippen LogP) is 3.03. The number of hydrogen-bond donors (Lipinski definition) is 2. The summed E-state index contributed by atoms with van der Waals surface area (Å²) < 4.78 is 5.12. The fourth-order valence-corrected chi connectivity index (χ4v) is 2.15. The van der Waals surface area contributed by atoms with Gasteiger partial charge in [-0.25, -0.2) is 4.79 Å². The molecule has 2 rings (SSSR count). The Morgan fingerprint density at radius 3 is 2.41 bits per heavy atom. The van der Waals surface area contributed by atoms with Crippen molar-refractivity contribution in [3.63, 3.8) is 0 Å². The van der Waals surface area contributed by atoms with Gasteiger partial charge in [0, 0.05) is 21.8 Å². The maximum atomic E-state index is 11.5. The van der Waals surface area contributed by atoms with Gasteiger partial charge in [0.1, 0.15) is 6.10 Å². The summed E-state index contributed by atoms with van der Waals surface area (Å²) in [6, 6.07) is 4.93. The molecule has 6 heteroatoms. The molecule has 1 amide bonds. The van der Waals surface area contributed by atoms with E-state index >= 15 is 0 Å². The van der Waals surface area contributed by atoms with E-state index in [2.05, 4.69) is 5.32 Å². The van der Waals surface area contributed by atoms with Gasteiger partial charge in [-0.15, -0.1) is 0 Å². The van der Waals surface area contributed by atoms with E-state index in [-0.39, 0.29) is 12.1 Å². The smallest absolute Gasteiger partial charge is 0.411 e. The molecule has 0 atom stereocenters. The summed E-state index contributed by atoms with van der Waals surface area (Å²) in [5.41, 5.74) is 6.10. The molecule has 3 N–H and O–H groups in total. The molecule has 0 bridgehead atoms. The number of nitrogens with one attached hydrogen (secondary N) is 1. The number of carbonyl (C=O) groups is 1. The van der Waals surface area contributed by atoms with Gasteiger partial charge in [0.15, 0.2) is 0 Å². The Hall–Kier alpha value is -0.970. The highest BCUT2D eigenvalue weighted by Crippen LogP contribution is 2.24. The van der Waals surface area contributed by atoms with Gasteiger partial charge in [-0.3, -0.25) is 5.32 Å². The van der Waals surface area contributed by atoms with Crippen LogP contribution in [0.1, 0.15) is 12.8 Å². The van der Waals surface area contributed by atoms with Gasteiger partial charge in [-0.05, 0) is 31.0 Å². The zero-order valence-corrected chi connectivity index (χ0v) is 10.5. The third-order valence-corrected chi connectivity index (χ3v) is 2.95. The second-order valence-corrected chi connectivity index (χ2v) is 4.91.